The van der Waals surface area contributed by atoms with Gasteiger partial charge < -0.3 is 10.1 Å². The van der Waals surface area contributed by atoms with Crippen LogP contribution >= 0.6 is 0 Å². The van der Waals surface area contributed by atoms with Gasteiger partial charge >= 0.3 is 5.97 Å². The quantitative estimate of drug-likeness (QED) is 0.706. The Morgan fingerprint density at radius 1 is 1.47 bits per heavy atom. The lowest BCUT2D eigenvalue weighted by molar-refractivity contribution is -0.138. The molecule has 0 aromatic rings. The van der Waals surface area contributed by atoms with Crippen molar-refractivity contribution < 1.29 is 9.53 Å². The Morgan fingerprint density at radius 2 is 2.27 bits per heavy atom. The maximum absolute atomic E-state index is 11.5. The average molecular weight is 207 g/mol. The largest absolute Gasteiger partial charge is 0.463 e. The van der Waals surface area contributed by atoms with Gasteiger partial charge in [0.2, 0.25) is 0 Å². The first kappa shape index (κ1) is 10.3. The van der Waals surface area contributed by atoms with E-state index in [2.05, 4.69) is 5.32 Å². The van der Waals surface area contributed by atoms with Gasteiger partial charge in [0.1, 0.15) is 0 Å². The minimum absolute atomic E-state index is 0.179. The molecule has 0 bridgehead atoms. The summed E-state index contributed by atoms with van der Waals surface area (Å²) < 4.78 is 4.99. The fourth-order valence-corrected chi connectivity index (χ4v) is 2.15. The fraction of sp³-hybridized carbons (Fsp3) is 0.583. The predicted octanol–water partition coefficient (Wildman–Crippen LogP) is 2.25. The van der Waals surface area contributed by atoms with Crippen LogP contribution < -0.4 is 5.32 Å². The number of hydrogen-bond acceptors (Lipinski definition) is 3. The number of dihydropyridines is 1. The molecule has 3 heteroatoms. The van der Waals surface area contributed by atoms with E-state index in [4.69, 9.17) is 4.74 Å². The highest BCUT2D eigenvalue weighted by molar-refractivity contribution is 5.89. The van der Waals surface area contributed by atoms with Crippen LogP contribution in [-0.2, 0) is 9.53 Å². The van der Waals surface area contributed by atoms with Crippen LogP contribution in [0.5, 0.6) is 0 Å². The predicted molar refractivity (Wildman–Crippen MR) is 58.0 cm³/mol. The lowest BCUT2D eigenvalue weighted by Crippen LogP contribution is -2.21. The van der Waals surface area contributed by atoms with Crippen LogP contribution in [-0.4, -0.2) is 12.6 Å². The van der Waals surface area contributed by atoms with Crippen LogP contribution in [0.3, 0.4) is 0 Å². The molecular formula is C12H17NO2. The molecule has 0 aromatic heterocycles. The van der Waals surface area contributed by atoms with Gasteiger partial charge in [0.05, 0.1) is 12.2 Å². The maximum atomic E-state index is 11.5. The Labute approximate surface area is 90.2 Å². The molecule has 0 unspecified atom stereocenters. The van der Waals surface area contributed by atoms with Gasteiger partial charge in [0.15, 0.2) is 0 Å². The van der Waals surface area contributed by atoms with Gasteiger partial charge in [-0.25, -0.2) is 4.79 Å². The molecule has 0 spiro atoms. The van der Waals surface area contributed by atoms with E-state index in [9.17, 15) is 4.79 Å². The summed E-state index contributed by atoms with van der Waals surface area (Å²) in [4.78, 5) is 11.5. The van der Waals surface area contributed by atoms with Crippen LogP contribution in [0.2, 0.25) is 0 Å². The zero-order valence-corrected chi connectivity index (χ0v) is 9.14. The minimum atomic E-state index is -0.179. The fourth-order valence-electron chi connectivity index (χ4n) is 2.15. The molecule has 0 atom stereocenters. The Bertz CT molecular complexity index is 329. The van der Waals surface area contributed by atoms with Crippen molar-refractivity contribution in [3.8, 4) is 0 Å². The molecule has 15 heavy (non-hydrogen) atoms. The number of rotatable bonds is 2. The molecule has 1 aliphatic carbocycles. The monoisotopic (exact) mass is 207 g/mol. The van der Waals surface area contributed by atoms with E-state index in [0.717, 1.165) is 24.8 Å². The standard InChI is InChI=1S/C12H17NO2/c1-2-15-12(14)10-7-9-5-3-4-6-11(9)13-8-10/h8,13H,2-7H2,1H3. The van der Waals surface area contributed by atoms with Crippen molar-refractivity contribution in [2.45, 2.75) is 39.0 Å². The zero-order valence-electron chi connectivity index (χ0n) is 9.14. The molecular weight excluding hydrogens is 190 g/mol. The number of nitrogens with one attached hydrogen (secondary N) is 1. The number of carbonyl (C=O) groups excluding carboxylic acids is 1. The van der Waals surface area contributed by atoms with Gasteiger partial charge in [0, 0.05) is 18.3 Å². The summed E-state index contributed by atoms with van der Waals surface area (Å²) in [6, 6.07) is 0. The van der Waals surface area contributed by atoms with Crippen LogP contribution in [0.1, 0.15) is 39.0 Å². The number of carbonyl (C=O) groups is 1. The third-order valence-electron chi connectivity index (χ3n) is 2.94. The summed E-state index contributed by atoms with van der Waals surface area (Å²) in [5.74, 6) is -0.179. The number of ether oxygens (including phenoxy) is 1. The maximum Gasteiger partial charge on any atom is 0.335 e. The molecule has 0 saturated carbocycles. The normalized spacial score (nSPS) is 20.2. The Hall–Kier alpha value is -1.25. The first-order chi connectivity index (χ1) is 7.31. The highest BCUT2D eigenvalue weighted by Crippen LogP contribution is 2.30. The van der Waals surface area contributed by atoms with Crippen LogP contribution in [0.25, 0.3) is 0 Å². The van der Waals surface area contributed by atoms with Gasteiger partial charge in [-0.05, 0) is 38.2 Å². The van der Waals surface area contributed by atoms with Gasteiger partial charge in [-0.3, -0.25) is 0 Å². The molecule has 2 rings (SSSR count). The lowest BCUT2D eigenvalue weighted by Gasteiger charge is -2.25. The van der Waals surface area contributed by atoms with Crippen molar-refractivity contribution in [2.24, 2.45) is 0 Å². The third-order valence-corrected chi connectivity index (χ3v) is 2.94. The van der Waals surface area contributed by atoms with Crippen LogP contribution in [0.15, 0.2) is 23.0 Å². The first-order valence-electron chi connectivity index (χ1n) is 5.65. The third kappa shape index (κ3) is 2.22. The SMILES string of the molecule is CCOC(=O)C1=CNC2=C(CCCC2)C1. The van der Waals surface area contributed by atoms with Gasteiger partial charge in [0.25, 0.3) is 0 Å². The molecule has 2 aliphatic rings. The van der Waals surface area contributed by atoms with Crippen LogP contribution in [0.4, 0.5) is 0 Å². The second-order valence-electron chi connectivity index (χ2n) is 4.00. The summed E-state index contributed by atoms with van der Waals surface area (Å²) in [6.45, 7) is 2.28. The molecule has 1 aliphatic heterocycles. The summed E-state index contributed by atoms with van der Waals surface area (Å²) in [5, 5.41) is 3.23. The van der Waals surface area contributed by atoms with Crippen molar-refractivity contribution in [1.82, 2.24) is 5.32 Å². The van der Waals surface area contributed by atoms with E-state index in [0.29, 0.717) is 6.61 Å². The van der Waals surface area contributed by atoms with E-state index < -0.39 is 0 Å². The molecule has 0 saturated heterocycles. The Kier molecular flexibility index (Phi) is 3.09. The van der Waals surface area contributed by atoms with E-state index >= 15 is 0 Å². The molecule has 0 amide bonds. The molecule has 0 fully saturated rings. The van der Waals surface area contributed by atoms with E-state index in [1.165, 1.54) is 24.1 Å². The number of allylic oxidation sites excluding steroid dienone is 2. The molecule has 82 valence electrons. The molecule has 1 heterocycles. The number of esters is 1. The molecule has 0 radical (unpaired) electrons. The van der Waals surface area contributed by atoms with Gasteiger partial charge in [-0.1, -0.05) is 0 Å². The second-order valence-corrected chi connectivity index (χ2v) is 4.00. The van der Waals surface area contributed by atoms with Crippen molar-refractivity contribution >= 4 is 5.97 Å². The van der Waals surface area contributed by atoms with E-state index in [1.807, 2.05) is 13.1 Å². The Morgan fingerprint density at radius 3 is 3.07 bits per heavy atom. The van der Waals surface area contributed by atoms with E-state index in [-0.39, 0.29) is 5.97 Å². The first-order valence-corrected chi connectivity index (χ1v) is 5.65. The van der Waals surface area contributed by atoms with Gasteiger partial charge in [-0.15, -0.1) is 0 Å². The highest BCUT2D eigenvalue weighted by Gasteiger charge is 2.21. The van der Waals surface area contributed by atoms with E-state index in [1.54, 1.807) is 0 Å². The molecule has 1 N–H and O–H groups in total. The summed E-state index contributed by atoms with van der Waals surface area (Å²) >= 11 is 0. The summed E-state index contributed by atoms with van der Waals surface area (Å²) in [6.07, 6.45) is 7.34. The van der Waals surface area contributed by atoms with Crippen molar-refractivity contribution in [3.63, 3.8) is 0 Å². The molecule has 0 aromatic carbocycles. The van der Waals surface area contributed by atoms with Crippen LogP contribution in [0, 0.1) is 0 Å². The molecule has 3 nitrogen and oxygen atoms in total. The van der Waals surface area contributed by atoms with Crippen molar-refractivity contribution in [1.29, 1.82) is 0 Å². The number of hydrogen-bond donors (Lipinski definition) is 1. The highest BCUT2D eigenvalue weighted by atomic mass is 16.5. The topological polar surface area (TPSA) is 38.3 Å². The zero-order chi connectivity index (χ0) is 10.7. The summed E-state index contributed by atoms with van der Waals surface area (Å²) in [7, 11) is 0. The Balaban J connectivity index is 2.02. The minimum Gasteiger partial charge on any atom is -0.463 e. The van der Waals surface area contributed by atoms with Crippen molar-refractivity contribution in [2.75, 3.05) is 6.61 Å². The lowest BCUT2D eigenvalue weighted by atomic mass is 9.90. The smallest absolute Gasteiger partial charge is 0.335 e. The summed E-state index contributed by atoms with van der Waals surface area (Å²) in [5.41, 5.74) is 3.48. The second kappa shape index (κ2) is 4.51. The average Bonchev–Trinajstić information content (AvgIpc) is 2.29. The van der Waals surface area contributed by atoms with Gasteiger partial charge in [-0.2, -0.15) is 0 Å². The van der Waals surface area contributed by atoms with Crippen molar-refractivity contribution in [3.05, 3.63) is 23.0 Å².